The molecule has 0 aliphatic heterocycles. The van der Waals surface area contributed by atoms with Crippen molar-refractivity contribution in [3.05, 3.63) is 0 Å². The van der Waals surface area contributed by atoms with Crippen molar-refractivity contribution in [2.45, 2.75) is 84.0 Å². The maximum absolute atomic E-state index is 12.9. The number of unbranched alkanes of at least 4 members (excludes halogenated alkanes) is 7. The molecule has 0 aromatic rings. The molecule has 0 saturated carbocycles. The Kier molecular flexibility index (Phi) is 9.73. The molecule has 0 heterocycles. The highest BCUT2D eigenvalue weighted by Gasteiger charge is 2.74. The molecule has 0 aromatic heterocycles. The lowest BCUT2D eigenvalue weighted by Gasteiger charge is -2.34. The highest BCUT2D eigenvalue weighted by atomic mass is 19.4. The molecule has 0 saturated heterocycles. The second-order valence-electron chi connectivity index (χ2n) is 5.99. The summed E-state index contributed by atoms with van der Waals surface area (Å²) in [6.07, 6.45) is -5.36. The lowest BCUT2D eigenvalue weighted by Crippen LogP contribution is -2.59. The monoisotopic (exact) mass is 363 g/mol. The molecule has 0 radical (unpaired) electrons. The van der Waals surface area contributed by atoms with Gasteiger partial charge in [-0.1, -0.05) is 58.8 Å². The van der Waals surface area contributed by atoms with Crippen LogP contribution in [0.5, 0.6) is 0 Å². The van der Waals surface area contributed by atoms with Crippen LogP contribution < -0.4 is 5.32 Å². The van der Waals surface area contributed by atoms with Crippen LogP contribution in [0.15, 0.2) is 0 Å². The number of hydrogen-bond acceptors (Lipinski definition) is 1. The van der Waals surface area contributed by atoms with Crippen LogP contribution in [0, 0.1) is 5.41 Å². The highest BCUT2D eigenvalue weighted by molar-refractivity contribution is 5.84. The summed E-state index contributed by atoms with van der Waals surface area (Å²) in [7, 11) is 0. The first-order chi connectivity index (χ1) is 11.0. The van der Waals surface area contributed by atoms with Gasteiger partial charge in [-0.25, -0.2) is 0 Å². The molecule has 2 nitrogen and oxygen atoms in total. The summed E-state index contributed by atoms with van der Waals surface area (Å²) in [5.41, 5.74) is -4.33. The first-order valence-electron chi connectivity index (χ1n) is 8.46. The summed E-state index contributed by atoms with van der Waals surface area (Å²) in [6.45, 7) is 2.64. The zero-order valence-corrected chi connectivity index (χ0v) is 14.2. The fourth-order valence-corrected chi connectivity index (χ4v) is 2.59. The first kappa shape index (κ1) is 23.1. The Labute approximate surface area is 139 Å². The smallest absolute Gasteiger partial charge is 0.355 e. The van der Waals surface area contributed by atoms with Crippen molar-refractivity contribution < 1.29 is 31.1 Å². The fourth-order valence-electron chi connectivity index (χ4n) is 2.59. The van der Waals surface area contributed by atoms with Gasteiger partial charge < -0.3 is 5.32 Å². The van der Waals surface area contributed by atoms with Crippen LogP contribution in [-0.2, 0) is 4.79 Å². The standard InChI is InChI=1S/C16H27F6NO/c1-3-5-6-7-8-9-10-11-12-23-13(24)14(4-2,15(17,18)19)16(20,21)22/h3-12H2,1-2H3,(H,23,24). The Morgan fingerprint density at radius 3 is 1.54 bits per heavy atom. The molecule has 0 aliphatic rings. The largest absolute Gasteiger partial charge is 0.412 e. The minimum atomic E-state index is -5.68. The molecule has 0 spiro atoms. The van der Waals surface area contributed by atoms with E-state index < -0.39 is 30.1 Å². The summed E-state index contributed by atoms with van der Waals surface area (Å²) >= 11 is 0. The third kappa shape index (κ3) is 6.16. The van der Waals surface area contributed by atoms with Gasteiger partial charge in [0.15, 0.2) is 0 Å². The van der Waals surface area contributed by atoms with Gasteiger partial charge in [-0.05, 0) is 12.8 Å². The SMILES string of the molecule is CCCCCCCCCCNC(=O)C(CC)(C(F)(F)F)C(F)(F)F. The predicted molar refractivity (Wildman–Crippen MR) is 80.5 cm³/mol. The van der Waals surface area contributed by atoms with Crippen LogP contribution in [0.25, 0.3) is 0 Å². The van der Waals surface area contributed by atoms with Crippen molar-refractivity contribution in [2.75, 3.05) is 6.54 Å². The number of amides is 1. The molecule has 24 heavy (non-hydrogen) atoms. The normalized spacial score (nSPS) is 13.2. The van der Waals surface area contributed by atoms with Crippen molar-refractivity contribution >= 4 is 5.91 Å². The molecule has 0 rings (SSSR count). The summed E-state index contributed by atoms with van der Waals surface area (Å²) in [5, 5.41) is 1.82. The Hall–Kier alpha value is -0.950. The molecule has 1 N–H and O–H groups in total. The number of halogens is 6. The van der Waals surface area contributed by atoms with Gasteiger partial charge in [0.1, 0.15) is 0 Å². The molecule has 0 bridgehead atoms. The van der Waals surface area contributed by atoms with Gasteiger partial charge in [0.2, 0.25) is 11.3 Å². The van der Waals surface area contributed by atoms with Gasteiger partial charge in [-0.15, -0.1) is 0 Å². The number of rotatable bonds is 11. The average molecular weight is 363 g/mol. The maximum atomic E-state index is 12.9. The summed E-state index contributed by atoms with van der Waals surface area (Å²) in [4.78, 5) is 11.6. The van der Waals surface area contributed by atoms with Gasteiger partial charge in [-0.3, -0.25) is 4.79 Å². The third-order valence-electron chi connectivity index (χ3n) is 4.20. The average Bonchev–Trinajstić information content (AvgIpc) is 2.43. The lowest BCUT2D eigenvalue weighted by atomic mass is 9.82. The Bertz CT molecular complexity index is 351. The van der Waals surface area contributed by atoms with E-state index in [-0.39, 0.29) is 6.54 Å². The number of carbonyl (C=O) groups is 1. The molecule has 0 atom stereocenters. The van der Waals surface area contributed by atoms with Gasteiger partial charge >= 0.3 is 12.4 Å². The predicted octanol–water partition coefficient (Wildman–Crippen LogP) is 5.76. The second kappa shape index (κ2) is 10.1. The summed E-state index contributed by atoms with van der Waals surface area (Å²) in [6, 6.07) is 0. The van der Waals surface area contributed by atoms with E-state index in [0.717, 1.165) is 45.4 Å². The zero-order chi connectivity index (χ0) is 18.9. The van der Waals surface area contributed by atoms with E-state index in [4.69, 9.17) is 0 Å². The van der Waals surface area contributed by atoms with E-state index in [1.165, 1.54) is 0 Å². The summed E-state index contributed by atoms with van der Waals surface area (Å²) < 4.78 is 77.5. The summed E-state index contributed by atoms with van der Waals surface area (Å²) in [5.74, 6) is -2.01. The number of carbonyl (C=O) groups excluding carboxylic acids is 1. The van der Waals surface area contributed by atoms with E-state index in [0.29, 0.717) is 12.8 Å². The van der Waals surface area contributed by atoms with Crippen LogP contribution in [0.2, 0.25) is 0 Å². The van der Waals surface area contributed by atoms with E-state index >= 15 is 0 Å². The third-order valence-corrected chi connectivity index (χ3v) is 4.20. The minimum absolute atomic E-state index is 0.179. The number of nitrogens with one attached hydrogen (secondary N) is 1. The van der Waals surface area contributed by atoms with Crippen LogP contribution in [-0.4, -0.2) is 24.8 Å². The van der Waals surface area contributed by atoms with Crippen molar-refractivity contribution in [2.24, 2.45) is 5.41 Å². The van der Waals surface area contributed by atoms with Crippen LogP contribution in [0.4, 0.5) is 26.3 Å². The van der Waals surface area contributed by atoms with Crippen molar-refractivity contribution in [3.8, 4) is 0 Å². The maximum Gasteiger partial charge on any atom is 0.412 e. The molecule has 8 heteroatoms. The topological polar surface area (TPSA) is 29.1 Å². The number of alkyl halides is 6. The molecule has 144 valence electrons. The van der Waals surface area contributed by atoms with Gasteiger partial charge in [0.25, 0.3) is 0 Å². The van der Waals surface area contributed by atoms with Crippen molar-refractivity contribution in [3.63, 3.8) is 0 Å². The lowest BCUT2D eigenvalue weighted by molar-refractivity contribution is -0.326. The fraction of sp³-hybridized carbons (Fsp3) is 0.938. The van der Waals surface area contributed by atoms with Crippen molar-refractivity contribution in [1.29, 1.82) is 0 Å². The Balaban J connectivity index is 4.37. The second-order valence-corrected chi connectivity index (χ2v) is 5.99. The Morgan fingerprint density at radius 2 is 1.17 bits per heavy atom. The van der Waals surface area contributed by atoms with Crippen LogP contribution in [0.1, 0.15) is 71.6 Å². The zero-order valence-electron chi connectivity index (χ0n) is 14.2. The molecule has 1 amide bonds. The van der Waals surface area contributed by atoms with E-state index in [2.05, 4.69) is 6.92 Å². The highest BCUT2D eigenvalue weighted by Crippen LogP contribution is 2.52. The molecule has 0 unspecified atom stereocenters. The van der Waals surface area contributed by atoms with Crippen LogP contribution in [0.3, 0.4) is 0 Å². The molecular formula is C16H27F6NO. The molecular weight excluding hydrogens is 336 g/mol. The van der Waals surface area contributed by atoms with Gasteiger partial charge in [0, 0.05) is 6.54 Å². The molecule has 0 fully saturated rings. The van der Waals surface area contributed by atoms with Crippen molar-refractivity contribution in [1.82, 2.24) is 5.32 Å². The van der Waals surface area contributed by atoms with E-state index in [1.807, 2.05) is 5.32 Å². The van der Waals surface area contributed by atoms with E-state index in [1.54, 1.807) is 0 Å². The van der Waals surface area contributed by atoms with Crippen LogP contribution >= 0.6 is 0 Å². The van der Waals surface area contributed by atoms with Gasteiger partial charge in [-0.2, -0.15) is 26.3 Å². The van der Waals surface area contributed by atoms with Gasteiger partial charge in [0.05, 0.1) is 0 Å². The number of hydrogen-bond donors (Lipinski definition) is 1. The molecule has 0 aliphatic carbocycles. The van der Waals surface area contributed by atoms with E-state index in [9.17, 15) is 31.1 Å². The quantitative estimate of drug-likeness (QED) is 0.367. The first-order valence-corrected chi connectivity index (χ1v) is 8.46. The molecule has 0 aromatic carbocycles. The minimum Gasteiger partial charge on any atom is -0.355 e. The Morgan fingerprint density at radius 1 is 0.750 bits per heavy atom.